The monoisotopic (exact) mass is 996 g/mol. The van der Waals surface area contributed by atoms with Crippen molar-refractivity contribution in [2.75, 3.05) is 27.9 Å². The second kappa shape index (κ2) is 28.8. The number of ether oxygens (including phenoxy) is 5. The number of H-pyrrole nitrogens is 1. The molecule has 2 bridgehead atoms. The molecule has 5 rings (SSSR count). The first-order valence-corrected chi connectivity index (χ1v) is 25.9. The van der Waals surface area contributed by atoms with E-state index in [1.165, 1.54) is 18.3 Å². The Bertz CT molecular complexity index is 1970. The Morgan fingerprint density at radius 3 is 2.27 bits per heavy atom. The molecule has 1 saturated carbocycles. The molecular formula is C54H85N5O12. The van der Waals surface area contributed by atoms with Crippen molar-refractivity contribution in [2.24, 2.45) is 41.4 Å². The Balaban J connectivity index is 0.00000205. The lowest BCUT2D eigenvalue weighted by molar-refractivity contribution is -0.265. The number of amides is 1. The van der Waals surface area contributed by atoms with Crippen LogP contribution < -0.4 is 0 Å². The highest BCUT2D eigenvalue weighted by Gasteiger charge is 2.53. The number of aliphatic hydroxyl groups is 2. The third-order valence-electron chi connectivity index (χ3n) is 15.4. The van der Waals surface area contributed by atoms with Crippen LogP contribution in [-0.2, 0) is 47.7 Å². The van der Waals surface area contributed by atoms with Crippen LogP contribution in [-0.4, -0.2) is 141 Å². The molecule has 1 aromatic rings. The van der Waals surface area contributed by atoms with Gasteiger partial charge in [-0.2, -0.15) is 5.21 Å². The van der Waals surface area contributed by atoms with Gasteiger partial charge in [-0.25, -0.2) is 4.79 Å². The summed E-state index contributed by atoms with van der Waals surface area (Å²) in [5.41, 5.74) is 1.32. The number of aromatic nitrogens is 4. The normalized spacial score (nSPS) is 37.2. The molecule has 4 aliphatic rings. The molecule has 1 aromatic heterocycles. The second-order valence-corrected chi connectivity index (χ2v) is 20.9. The minimum Gasteiger partial charge on any atom is -0.460 e. The molecule has 3 N–H and O–H groups in total. The lowest BCUT2D eigenvalue weighted by Gasteiger charge is -2.42. The van der Waals surface area contributed by atoms with Gasteiger partial charge < -0.3 is 38.8 Å². The summed E-state index contributed by atoms with van der Waals surface area (Å²) < 4.78 is 29.7. The Kier molecular flexibility index (Phi) is 24.1. The number of aromatic amines is 1. The van der Waals surface area contributed by atoms with Crippen molar-refractivity contribution in [2.45, 2.75) is 187 Å². The molecule has 17 nitrogen and oxygen atoms in total. The maximum absolute atomic E-state index is 14.4. The van der Waals surface area contributed by atoms with Gasteiger partial charge in [0.15, 0.2) is 12.1 Å². The van der Waals surface area contributed by atoms with Gasteiger partial charge in [0.05, 0.1) is 18.3 Å². The van der Waals surface area contributed by atoms with Crippen LogP contribution in [0.4, 0.5) is 0 Å². The molecule has 4 heterocycles. The molecule has 15 atom stereocenters. The maximum atomic E-state index is 14.4. The number of hydrogen-bond acceptors (Lipinski definition) is 15. The topological polar surface area (TPSA) is 230 Å². The molecule has 398 valence electrons. The van der Waals surface area contributed by atoms with Crippen molar-refractivity contribution in [1.29, 1.82) is 0 Å². The van der Waals surface area contributed by atoms with E-state index in [4.69, 9.17) is 23.7 Å². The summed E-state index contributed by atoms with van der Waals surface area (Å²) in [4.78, 5) is 72.0. The lowest BCUT2D eigenvalue weighted by atomic mass is 9.76. The minimum atomic E-state index is -2.41. The fourth-order valence-corrected chi connectivity index (χ4v) is 10.5. The third-order valence-corrected chi connectivity index (χ3v) is 15.4. The summed E-state index contributed by atoms with van der Waals surface area (Å²) in [6, 6.07) is -1.11. The van der Waals surface area contributed by atoms with Crippen LogP contribution in [0.5, 0.6) is 0 Å². The number of carbonyl (C=O) groups excluding carboxylic acids is 5. The summed E-state index contributed by atoms with van der Waals surface area (Å²) in [5.74, 6) is -6.86. The van der Waals surface area contributed by atoms with Gasteiger partial charge in [-0.1, -0.05) is 83.2 Å². The number of methoxy groups -OCH3 is 3. The molecule has 1 aliphatic carbocycles. The van der Waals surface area contributed by atoms with E-state index in [-0.39, 0.29) is 60.7 Å². The van der Waals surface area contributed by atoms with Crippen LogP contribution in [0.3, 0.4) is 0 Å². The van der Waals surface area contributed by atoms with Gasteiger partial charge in [0.2, 0.25) is 5.79 Å². The van der Waals surface area contributed by atoms with Crippen molar-refractivity contribution in [3.8, 4) is 0 Å². The van der Waals surface area contributed by atoms with Crippen LogP contribution in [0, 0.1) is 41.4 Å². The van der Waals surface area contributed by atoms with E-state index in [2.05, 4.69) is 40.5 Å². The Morgan fingerprint density at radius 1 is 0.873 bits per heavy atom. The van der Waals surface area contributed by atoms with Crippen LogP contribution >= 0.6 is 0 Å². The smallest absolute Gasteiger partial charge is 0.329 e. The van der Waals surface area contributed by atoms with E-state index in [0.29, 0.717) is 56.4 Å². The second-order valence-electron chi connectivity index (χ2n) is 20.9. The van der Waals surface area contributed by atoms with Crippen molar-refractivity contribution in [3.05, 3.63) is 53.9 Å². The molecule has 0 unspecified atom stereocenters. The molecule has 17 heteroatoms. The SMILES string of the molecule is CO[C@H]1C[C@@H]2CC[C@@H](C)[C@@](O)(O2)C(=O)C(=O)N2CCCC[C@H]2C(=O)O[C@H]([C@H](C)C[C@@H]2CC[C@H](C)[C@H](OC)C2)CC(=O)[C@H](C)/C=C(\C)[C@@H](O)[C@@H](OC)C(=O)[C@H](C)CC[C@H](C)/C=C/C=C/C=C1C.c1nn[nH]n1. The first-order valence-electron chi connectivity index (χ1n) is 25.9. The highest BCUT2D eigenvalue weighted by molar-refractivity contribution is 6.39. The van der Waals surface area contributed by atoms with Crippen LogP contribution in [0.1, 0.15) is 139 Å². The molecule has 3 aliphatic heterocycles. The molecule has 0 aromatic carbocycles. The summed E-state index contributed by atoms with van der Waals surface area (Å²) in [6.45, 7) is 15.2. The van der Waals surface area contributed by atoms with Crippen LogP contribution in [0.25, 0.3) is 0 Å². The number of tetrazole rings is 1. The zero-order chi connectivity index (χ0) is 52.4. The fourth-order valence-electron chi connectivity index (χ4n) is 10.5. The highest BCUT2D eigenvalue weighted by atomic mass is 16.6. The van der Waals surface area contributed by atoms with Gasteiger partial charge in [0.25, 0.3) is 11.7 Å². The largest absolute Gasteiger partial charge is 0.460 e. The number of rotatable bonds is 6. The number of cyclic esters (lactones) is 1. The Morgan fingerprint density at radius 2 is 1.62 bits per heavy atom. The molecule has 71 heavy (non-hydrogen) atoms. The molecule has 0 spiro atoms. The van der Waals surface area contributed by atoms with Crippen LogP contribution in [0.2, 0.25) is 0 Å². The number of piperidine rings is 1. The predicted molar refractivity (Wildman–Crippen MR) is 267 cm³/mol. The Hall–Kier alpha value is -4.26. The van der Waals surface area contributed by atoms with E-state index in [1.54, 1.807) is 41.1 Å². The lowest BCUT2D eigenvalue weighted by Crippen LogP contribution is -2.61. The fraction of sp³-hybridized carbons (Fsp3) is 0.741. The average Bonchev–Trinajstić information content (AvgIpc) is 3.96. The van der Waals surface area contributed by atoms with Gasteiger partial charge in [0.1, 0.15) is 30.1 Å². The summed E-state index contributed by atoms with van der Waals surface area (Å²) >= 11 is 0. The number of nitrogens with zero attached hydrogens (tertiary/aromatic N) is 4. The maximum Gasteiger partial charge on any atom is 0.329 e. The van der Waals surface area contributed by atoms with Gasteiger partial charge in [-0.05, 0) is 119 Å². The van der Waals surface area contributed by atoms with Gasteiger partial charge in [-0.3, -0.25) is 19.2 Å². The summed E-state index contributed by atoms with van der Waals surface area (Å²) in [7, 11) is 4.72. The zero-order valence-electron chi connectivity index (χ0n) is 44.3. The van der Waals surface area contributed by atoms with Gasteiger partial charge in [0, 0.05) is 58.5 Å². The molecule has 3 fully saturated rings. The van der Waals surface area contributed by atoms with E-state index in [9.17, 15) is 34.2 Å². The van der Waals surface area contributed by atoms with E-state index in [0.717, 1.165) is 31.3 Å². The number of aliphatic hydroxyl groups excluding tert-OH is 1. The van der Waals surface area contributed by atoms with E-state index >= 15 is 0 Å². The first-order chi connectivity index (χ1) is 33.7. The first kappa shape index (κ1) is 59.3. The highest BCUT2D eigenvalue weighted by Crippen LogP contribution is 2.38. The van der Waals surface area contributed by atoms with Gasteiger partial charge in [-0.15, -0.1) is 10.2 Å². The van der Waals surface area contributed by atoms with Crippen molar-refractivity contribution in [3.63, 3.8) is 0 Å². The molecular weight excluding hydrogens is 911 g/mol. The quantitative estimate of drug-likeness (QED) is 0.147. The standard InChI is InChI=1S/C53H83NO12.CH2N4/c1-32-17-13-12-14-18-33(2)45(63-10)30-41-25-23-39(8)53(61,66-41)50(58)51(59)54-26-16-15-19-42(54)52(60)65-46(37(6)28-40-24-22-34(3)44(29-40)62-9)31-43(55)36(5)27-38(7)48(57)49(64-11)47(56)35(4)21-20-32;1-2-4-5-3-1/h12-14,17-18,27,32,34-37,39-42,44-46,48-49,57,61H,15-16,19-26,28-31H2,1-11H3;1H,(H,2,3,4,5)/b14-12+,17-13+,33-18?,38-27+;/t32-,34+,35-,36-,37-,39-,40+,41+,42+,44-,45+,46+,48-,49+,53-;/m1./s1. The Labute approximate surface area is 421 Å². The number of carbonyl (C=O) groups is 5. The van der Waals surface area contributed by atoms with Crippen molar-refractivity contribution < 1.29 is 57.9 Å². The average molecular weight is 996 g/mol. The van der Waals surface area contributed by atoms with Crippen LogP contribution in [0.15, 0.2) is 53.9 Å². The third kappa shape index (κ3) is 16.9. The number of fused-ring (bicyclic) bond motifs is 3. The molecule has 2 saturated heterocycles. The summed E-state index contributed by atoms with van der Waals surface area (Å²) in [6.07, 6.45) is 16.0. The number of esters is 1. The number of nitrogens with one attached hydrogen (secondary N) is 1. The molecule has 1 amide bonds. The number of hydrogen-bond donors (Lipinski definition) is 3. The number of allylic oxidation sites excluding steroid dienone is 6. The van der Waals surface area contributed by atoms with E-state index in [1.807, 2.05) is 45.1 Å². The zero-order valence-corrected chi connectivity index (χ0v) is 44.3. The van der Waals surface area contributed by atoms with Crippen molar-refractivity contribution in [1.82, 2.24) is 25.5 Å². The minimum absolute atomic E-state index is 0.102. The number of ketones is 3. The summed E-state index contributed by atoms with van der Waals surface area (Å²) in [5, 5.41) is 35.6. The predicted octanol–water partition coefficient (Wildman–Crippen LogP) is 7.05. The number of Topliss-reactive ketones (excluding diaryl/α,β-unsaturated/α-hetero) is 3. The molecule has 0 radical (unpaired) electrons. The van der Waals surface area contributed by atoms with Crippen molar-refractivity contribution >= 4 is 29.2 Å². The van der Waals surface area contributed by atoms with Gasteiger partial charge >= 0.3 is 5.97 Å². The van der Waals surface area contributed by atoms with E-state index < -0.39 is 71.8 Å².